The number of ether oxygens (including phenoxy) is 1. The molecular formula is C22H33N3O2. The highest BCUT2D eigenvalue weighted by atomic mass is 16.5. The number of methoxy groups -OCH3 is 1. The zero-order chi connectivity index (χ0) is 19.1. The van der Waals surface area contributed by atoms with E-state index < -0.39 is 0 Å². The Morgan fingerprint density at radius 3 is 2.67 bits per heavy atom. The fourth-order valence-electron chi connectivity index (χ4n) is 4.18. The van der Waals surface area contributed by atoms with Crippen LogP contribution in [0.1, 0.15) is 32.6 Å². The lowest BCUT2D eigenvalue weighted by Crippen LogP contribution is -2.55. The Morgan fingerprint density at radius 1 is 1.15 bits per heavy atom. The van der Waals surface area contributed by atoms with E-state index in [1.54, 1.807) is 7.11 Å². The van der Waals surface area contributed by atoms with Crippen molar-refractivity contribution in [3.8, 4) is 5.75 Å². The van der Waals surface area contributed by atoms with E-state index in [1.807, 2.05) is 18.2 Å². The molecule has 0 N–H and O–H groups in total. The number of allylic oxidation sites excluding steroid dienone is 1. The minimum absolute atomic E-state index is 0.275. The average molecular weight is 372 g/mol. The fraction of sp³-hybridized carbons (Fsp3) is 0.591. The Bertz CT molecular complexity index is 638. The van der Waals surface area contributed by atoms with Gasteiger partial charge in [-0.2, -0.15) is 0 Å². The van der Waals surface area contributed by atoms with Gasteiger partial charge in [0.1, 0.15) is 5.75 Å². The molecule has 1 unspecified atom stereocenters. The molecule has 1 aromatic rings. The van der Waals surface area contributed by atoms with Crippen molar-refractivity contribution in [3.05, 3.63) is 36.4 Å². The lowest BCUT2D eigenvalue weighted by Gasteiger charge is -2.44. The summed E-state index contributed by atoms with van der Waals surface area (Å²) in [5, 5.41) is 0. The summed E-state index contributed by atoms with van der Waals surface area (Å²) in [6, 6.07) is 8.75. The number of hydrogen-bond acceptors (Lipinski definition) is 4. The first kappa shape index (κ1) is 19.7. The van der Waals surface area contributed by atoms with Crippen LogP contribution in [0.2, 0.25) is 0 Å². The number of para-hydroxylation sites is 2. The molecule has 0 bridgehead atoms. The largest absolute Gasteiger partial charge is 0.495 e. The molecule has 5 heteroatoms. The molecule has 2 fully saturated rings. The summed E-state index contributed by atoms with van der Waals surface area (Å²) in [7, 11) is 1.73. The van der Waals surface area contributed by atoms with E-state index in [-0.39, 0.29) is 5.91 Å². The second-order valence-electron chi connectivity index (χ2n) is 7.41. The van der Waals surface area contributed by atoms with Gasteiger partial charge in [0.25, 0.3) is 0 Å². The zero-order valence-electron chi connectivity index (χ0n) is 16.8. The SMILES string of the molecule is CC/C=C/CC(=O)N1CCCC(N2CCN(c3ccccc3OC)CC2)C1. The first-order valence-electron chi connectivity index (χ1n) is 10.3. The number of amides is 1. The van der Waals surface area contributed by atoms with Gasteiger partial charge >= 0.3 is 0 Å². The smallest absolute Gasteiger partial charge is 0.226 e. The molecule has 0 spiro atoms. The molecule has 3 rings (SSSR count). The Labute approximate surface area is 163 Å². The highest BCUT2D eigenvalue weighted by Crippen LogP contribution is 2.29. The summed E-state index contributed by atoms with van der Waals surface area (Å²) in [4.78, 5) is 19.5. The zero-order valence-corrected chi connectivity index (χ0v) is 16.8. The number of likely N-dealkylation sites (tertiary alicyclic amines) is 1. The van der Waals surface area contributed by atoms with Gasteiger partial charge in [-0.15, -0.1) is 0 Å². The van der Waals surface area contributed by atoms with E-state index in [0.29, 0.717) is 12.5 Å². The number of benzene rings is 1. The van der Waals surface area contributed by atoms with Gasteiger partial charge in [0.15, 0.2) is 0 Å². The van der Waals surface area contributed by atoms with Crippen LogP contribution in [-0.2, 0) is 4.79 Å². The summed E-state index contributed by atoms with van der Waals surface area (Å²) in [5.74, 6) is 1.22. The molecule has 2 saturated heterocycles. The predicted octanol–water partition coefficient (Wildman–Crippen LogP) is 3.16. The van der Waals surface area contributed by atoms with Crippen molar-refractivity contribution in [1.82, 2.24) is 9.80 Å². The van der Waals surface area contributed by atoms with Crippen LogP contribution < -0.4 is 9.64 Å². The van der Waals surface area contributed by atoms with Crippen LogP contribution in [0, 0.1) is 0 Å². The van der Waals surface area contributed by atoms with Crippen LogP contribution in [-0.4, -0.2) is 68.1 Å². The first-order chi connectivity index (χ1) is 13.2. The lowest BCUT2D eigenvalue weighted by atomic mass is 10.0. The molecule has 1 atom stereocenters. The monoisotopic (exact) mass is 371 g/mol. The molecule has 1 amide bonds. The van der Waals surface area contributed by atoms with Gasteiger partial charge in [-0.1, -0.05) is 31.2 Å². The lowest BCUT2D eigenvalue weighted by molar-refractivity contribution is -0.132. The van der Waals surface area contributed by atoms with E-state index >= 15 is 0 Å². The molecule has 2 aliphatic rings. The predicted molar refractivity (Wildman–Crippen MR) is 110 cm³/mol. The van der Waals surface area contributed by atoms with Gasteiger partial charge in [0.05, 0.1) is 12.8 Å². The maximum atomic E-state index is 12.4. The molecule has 27 heavy (non-hydrogen) atoms. The second-order valence-corrected chi connectivity index (χ2v) is 7.41. The number of nitrogens with zero attached hydrogens (tertiary/aromatic N) is 3. The maximum Gasteiger partial charge on any atom is 0.226 e. The van der Waals surface area contributed by atoms with E-state index in [9.17, 15) is 4.79 Å². The third-order valence-electron chi connectivity index (χ3n) is 5.70. The minimum atomic E-state index is 0.275. The van der Waals surface area contributed by atoms with Crippen molar-refractivity contribution < 1.29 is 9.53 Å². The van der Waals surface area contributed by atoms with Crippen molar-refractivity contribution in [1.29, 1.82) is 0 Å². The quantitative estimate of drug-likeness (QED) is 0.720. The Kier molecular flexibility index (Phi) is 7.16. The number of rotatable bonds is 6. The molecular weight excluding hydrogens is 338 g/mol. The van der Waals surface area contributed by atoms with Crippen LogP contribution in [0.5, 0.6) is 5.75 Å². The van der Waals surface area contributed by atoms with Crippen LogP contribution in [0.15, 0.2) is 36.4 Å². The van der Waals surface area contributed by atoms with Gasteiger partial charge in [0, 0.05) is 51.7 Å². The summed E-state index contributed by atoms with van der Waals surface area (Å²) >= 11 is 0. The number of carbonyl (C=O) groups excluding carboxylic acids is 1. The summed E-state index contributed by atoms with van der Waals surface area (Å²) in [5.41, 5.74) is 1.18. The van der Waals surface area contributed by atoms with Gasteiger partial charge in [-0.25, -0.2) is 0 Å². The number of piperazine rings is 1. The molecule has 2 heterocycles. The third-order valence-corrected chi connectivity index (χ3v) is 5.70. The van der Waals surface area contributed by atoms with Crippen molar-refractivity contribution in [2.45, 2.75) is 38.6 Å². The van der Waals surface area contributed by atoms with E-state index in [2.05, 4.69) is 39.8 Å². The second kappa shape index (κ2) is 9.79. The van der Waals surface area contributed by atoms with E-state index in [0.717, 1.165) is 57.9 Å². The number of piperidine rings is 1. The summed E-state index contributed by atoms with van der Waals surface area (Å²) in [6.45, 7) is 7.99. The van der Waals surface area contributed by atoms with Crippen molar-refractivity contribution in [2.24, 2.45) is 0 Å². The van der Waals surface area contributed by atoms with Crippen molar-refractivity contribution >= 4 is 11.6 Å². The molecule has 1 aromatic carbocycles. The third kappa shape index (κ3) is 5.04. The summed E-state index contributed by atoms with van der Waals surface area (Å²) in [6.07, 6.45) is 7.94. The first-order valence-corrected chi connectivity index (χ1v) is 10.3. The summed E-state index contributed by atoms with van der Waals surface area (Å²) < 4.78 is 5.52. The molecule has 2 aliphatic heterocycles. The molecule has 148 valence electrons. The molecule has 5 nitrogen and oxygen atoms in total. The van der Waals surface area contributed by atoms with Crippen LogP contribution in [0.3, 0.4) is 0 Å². The molecule has 0 aromatic heterocycles. The number of carbonyl (C=O) groups is 1. The van der Waals surface area contributed by atoms with Crippen molar-refractivity contribution in [3.63, 3.8) is 0 Å². The normalized spacial score (nSPS) is 21.6. The Hall–Kier alpha value is -2.01. The van der Waals surface area contributed by atoms with Crippen LogP contribution in [0.25, 0.3) is 0 Å². The number of anilines is 1. The van der Waals surface area contributed by atoms with Gasteiger partial charge in [-0.05, 0) is 31.4 Å². The Morgan fingerprint density at radius 2 is 1.93 bits per heavy atom. The van der Waals surface area contributed by atoms with Crippen LogP contribution >= 0.6 is 0 Å². The molecule has 0 saturated carbocycles. The van der Waals surface area contributed by atoms with Gasteiger partial charge < -0.3 is 14.5 Å². The average Bonchev–Trinajstić information content (AvgIpc) is 2.74. The van der Waals surface area contributed by atoms with E-state index in [1.165, 1.54) is 12.1 Å². The van der Waals surface area contributed by atoms with Crippen molar-refractivity contribution in [2.75, 3.05) is 51.3 Å². The topological polar surface area (TPSA) is 36.0 Å². The minimum Gasteiger partial charge on any atom is -0.495 e. The van der Waals surface area contributed by atoms with Gasteiger partial charge in [0.2, 0.25) is 5.91 Å². The number of hydrogen-bond donors (Lipinski definition) is 0. The molecule has 0 aliphatic carbocycles. The molecule has 0 radical (unpaired) electrons. The van der Waals surface area contributed by atoms with Gasteiger partial charge in [-0.3, -0.25) is 9.69 Å². The standard InChI is InChI=1S/C22H33N3O2/c1-3-4-5-12-22(26)25-13-8-9-19(18-25)23-14-16-24(17-15-23)20-10-6-7-11-21(20)27-2/h4-7,10-11,19H,3,8-9,12-18H2,1-2H3/b5-4+. The maximum absolute atomic E-state index is 12.4. The Balaban J connectivity index is 1.53. The van der Waals surface area contributed by atoms with Crippen LogP contribution in [0.4, 0.5) is 5.69 Å². The highest BCUT2D eigenvalue weighted by Gasteiger charge is 2.30. The highest BCUT2D eigenvalue weighted by molar-refractivity contribution is 5.77. The fourth-order valence-corrected chi connectivity index (χ4v) is 4.18. The van der Waals surface area contributed by atoms with E-state index in [4.69, 9.17) is 4.74 Å².